The van der Waals surface area contributed by atoms with Crippen LogP contribution in [0.2, 0.25) is 0 Å². The van der Waals surface area contributed by atoms with Crippen LogP contribution in [0.25, 0.3) is 5.41 Å². The van der Waals surface area contributed by atoms with Gasteiger partial charge in [-0.1, -0.05) is 35.9 Å². The van der Waals surface area contributed by atoms with Gasteiger partial charge in [-0.2, -0.15) is 52.7 Å². The highest BCUT2D eigenvalue weighted by Gasteiger charge is 2.62. The molecule has 2 unspecified atom stereocenters. The topological polar surface area (TPSA) is 160 Å². The molecule has 0 saturated heterocycles. The Labute approximate surface area is 257 Å². The maximum absolute atomic E-state index is 14.1. The highest BCUT2D eigenvalue weighted by Crippen LogP contribution is 2.51. The van der Waals surface area contributed by atoms with Gasteiger partial charge in [0.15, 0.2) is 17.1 Å². The molecule has 2 heterocycles. The highest BCUT2D eigenvalue weighted by atomic mass is 35.5. The molecule has 0 fully saturated rings. The summed E-state index contributed by atoms with van der Waals surface area (Å²) in [5, 5.41) is 55.9. The van der Waals surface area contributed by atoms with Crippen molar-refractivity contribution in [3.05, 3.63) is 90.8 Å². The Balaban J connectivity index is 2.20. The van der Waals surface area contributed by atoms with Crippen LogP contribution in [-0.4, -0.2) is 29.4 Å². The standard InChI is InChI=1S/C30H16ClF6N6O2/c1-27(29(32,33)34)22(20(14-42)25(44-27)18(10-38)11-39)8-6-16-4-3-5-17(24(16)31)7-9-23-21(15-43)26(19(12-40)13-41)45-28(23,2)30(35,36)37/h6-9H,3-5H2,1-2H3/q-1/b8-6+,17-7+,23-9+. The summed E-state index contributed by atoms with van der Waals surface area (Å²) in [6, 6.07) is 7.29. The number of alkyl halides is 6. The fourth-order valence-electron chi connectivity index (χ4n) is 4.65. The lowest BCUT2D eigenvalue weighted by molar-refractivity contribution is -0.236. The summed E-state index contributed by atoms with van der Waals surface area (Å²) in [5.74, 6) is -0.271. The number of nitriles is 5. The molecule has 228 valence electrons. The van der Waals surface area contributed by atoms with Crippen LogP contribution in [0.3, 0.4) is 0 Å². The van der Waals surface area contributed by atoms with E-state index in [1.54, 1.807) is 12.1 Å². The van der Waals surface area contributed by atoms with Gasteiger partial charge in [-0.05, 0) is 44.3 Å². The molecule has 0 aromatic heterocycles. The molecular weight excluding hydrogens is 626 g/mol. The zero-order chi connectivity index (χ0) is 34.0. The van der Waals surface area contributed by atoms with Crippen LogP contribution in [0, 0.1) is 56.7 Å². The first-order valence-corrected chi connectivity index (χ1v) is 12.9. The first-order chi connectivity index (χ1) is 21.0. The summed E-state index contributed by atoms with van der Waals surface area (Å²) >= 11 is 6.51. The summed E-state index contributed by atoms with van der Waals surface area (Å²) in [6.45, 7) is 1.24. The van der Waals surface area contributed by atoms with Crippen molar-refractivity contribution in [2.75, 3.05) is 0 Å². The molecule has 3 aliphatic rings. The van der Waals surface area contributed by atoms with Gasteiger partial charge in [-0.15, -0.1) is 0 Å². The number of ether oxygens (including phenoxy) is 2. The van der Waals surface area contributed by atoms with Crippen LogP contribution >= 0.6 is 11.6 Å². The monoisotopic (exact) mass is 641 g/mol. The molecule has 0 aromatic rings. The van der Waals surface area contributed by atoms with Crippen LogP contribution in [0.4, 0.5) is 26.3 Å². The lowest BCUT2D eigenvalue weighted by Crippen LogP contribution is -2.43. The van der Waals surface area contributed by atoms with Gasteiger partial charge in [0.2, 0.25) is 11.2 Å². The van der Waals surface area contributed by atoms with Gasteiger partial charge in [-0.3, -0.25) is 0 Å². The van der Waals surface area contributed by atoms with Crippen molar-refractivity contribution in [2.24, 2.45) is 0 Å². The summed E-state index contributed by atoms with van der Waals surface area (Å²) < 4.78 is 94.8. The molecule has 2 aliphatic heterocycles. The van der Waals surface area contributed by atoms with E-state index in [1.807, 2.05) is 0 Å². The van der Waals surface area contributed by atoms with E-state index < -0.39 is 68.5 Å². The average molecular weight is 642 g/mol. The summed E-state index contributed by atoms with van der Waals surface area (Å²) in [4.78, 5) is 0. The number of hydrogen-bond acceptors (Lipinski definition) is 7. The molecule has 0 aromatic carbocycles. The van der Waals surface area contributed by atoms with E-state index in [9.17, 15) is 36.9 Å². The second kappa shape index (κ2) is 12.3. The Kier molecular flexibility index (Phi) is 9.29. The minimum atomic E-state index is -5.10. The van der Waals surface area contributed by atoms with E-state index in [0.29, 0.717) is 20.3 Å². The second-order valence-electron chi connectivity index (χ2n) is 9.81. The SMILES string of the molecule is CC1(C(F)(F)F)OC(=C(C#N)C#N)C(C#N)=C1/C=C/C1=C(Cl)C(=C/C=C2\C(C#N)=C(C(=C=[N-])C#N)OC2(C)C(F)(F)F)/CCC1. The normalized spacial score (nSPS) is 25.3. The van der Waals surface area contributed by atoms with Crippen molar-refractivity contribution in [3.8, 4) is 30.3 Å². The molecule has 0 amide bonds. The van der Waals surface area contributed by atoms with Crippen LogP contribution < -0.4 is 0 Å². The van der Waals surface area contributed by atoms with Crippen molar-refractivity contribution < 1.29 is 35.8 Å². The van der Waals surface area contributed by atoms with Gasteiger partial charge >= 0.3 is 12.4 Å². The summed E-state index contributed by atoms with van der Waals surface area (Å²) in [6.07, 6.45) is -5.24. The van der Waals surface area contributed by atoms with E-state index >= 15 is 0 Å². The number of allylic oxidation sites excluding steroid dienone is 9. The maximum atomic E-state index is 14.1. The summed E-state index contributed by atoms with van der Waals surface area (Å²) in [7, 11) is 0. The van der Waals surface area contributed by atoms with Gasteiger partial charge in [0.05, 0.1) is 0 Å². The molecule has 0 spiro atoms. The van der Waals surface area contributed by atoms with Crippen LogP contribution in [0.1, 0.15) is 33.1 Å². The molecule has 1 aliphatic carbocycles. The first kappa shape index (κ1) is 34.0. The zero-order valence-electron chi connectivity index (χ0n) is 23.1. The van der Waals surface area contributed by atoms with Gasteiger partial charge in [0.25, 0.3) is 0 Å². The van der Waals surface area contributed by atoms with Crippen molar-refractivity contribution >= 4 is 17.5 Å². The van der Waals surface area contributed by atoms with Crippen LogP contribution in [0.5, 0.6) is 0 Å². The Bertz CT molecular complexity index is 1840. The number of halogens is 7. The van der Waals surface area contributed by atoms with Crippen molar-refractivity contribution in [3.63, 3.8) is 0 Å². The highest BCUT2D eigenvalue weighted by molar-refractivity contribution is 6.32. The smallest absolute Gasteiger partial charge is 0.432 e. The van der Waals surface area contributed by atoms with E-state index in [0.717, 1.165) is 12.2 Å². The Morgan fingerprint density at radius 1 is 0.844 bits per heavy atom. The van der Waals surface area contributed by atoms with E-state index in [4.69, 9.17) is 42.3 Å². The van der Waals surface area contributed by atoms with Gasteiger partial charge in [-0.25, -0.2) is 5.87 Å². The third kappa shape index (κ3) is 5.76. The molecule has 3 rings (SSSR count). The first-order valence-electron chi connectivity index (χ1n) is 12.5. The fourth-order valence-corrected chi connectivity index (χ4v) is 4.97. The predicted octanol–water partition coefficient (Wildman–Crippen LogP) is 7.36. The number of rotatable bonds is 4. The zero-order valence-corrected chi connectivity index (χ0v) is 23.8. The molecule has 0 saturated carbocycles. The number of hydrogen-bond donors (Lipinski definition) is 0. The van der Waals surface area contributed by atoms with E-state index in [1.165, 1.54) is 36.2 Å². The van der Waals surface area contributed by atoms with Crippen LogP contribution in [0.15, 0.2) is 85.4 Å². The molecule has 45 heavy (non-hydrogen) atoms. The molecule has 0 radical (unpaired) electrons. The fraction of sp³-hybridized carbons (Fsp3) is 0.300. The van der Waals surface area contributed by atoms with Crippen molar-refractivity contribution in [1.29, 1.82) is 26.3 Å². The molecular formula is C30H16ClF6N6O2-. The Morgan fingerprint density at radius 3 is 1.93 bits per heavy atom. The van der Waals surface area contributed by atoms with Gasteiger partial charge < -0.3 is 14.9 Å². The lowest BCUT2D eigenvalue weighted by atomic mass is 9.88. The maximum Gasteiger partial charge on any atom is 0.432 e. The second-order valence-corrected chi connectivity index (χ2v) is 10.2. The largest absolute Gasteiger partial charge is 0.762 e. The molecule has 0 N–H and O–H groups in total. The van der Waals surface area contributed by atoms with Crippen molar-refractivity contribution in [2.45, 2.75) is 56.7 Å². The average Bonchev–Trinajstić information content (AvgIpc) is 3.44. The minimum Gasteiger partial charge on any atom is -0.762 e. The van der Waals surface area contributed by atoms with Gasteiger partial charge in [0, 0.05) is 16.2 Å². The van der Waals surface area contributed by atoms with E-state index in [-0.39, 0.29) is 29.0 Å². The molecule has 2 atom stereocenters. The van der Waals surface area contributed by atoms with Crippen LogP contribution in [-0.2, 0) is 9.47 Å². The molecule has 0 bridgehead atoms. The minimum absolute atomic E-state index is 0.0387. The molecule has 8 nitrogen and oxygen atoms in total. The molecule has 15 heteroatoms. The van der Waals surface area contributed by atoms with Crippen molar-refractivity contribution in [1.82, 2.24) is 0 Å². The Morgan fingerprint density at radius 2 is 1.44 bits per heavy atom. The summed E-state index contributed by atoms with van der Waals surface area (Å²) in [5.41, 5.74) is -10.2. The lowest BCUT2D eigenvalue weighted by Gasteiger charge is -2.29. The van der Waals surface area contributed by atoms with Gasteiger partial charge in [0.1, 0.15) is 47.1 Å². The predicted molar refractivity (Wildman–Crippen MR) is 144 cm³/mol. The number of nitrogens with zero attached hydrogens (tertiary/aromatic N) is 6. The quantitative estimate of drug-likeness (QED) is 0.176. The third-order valence-corrected chi connectivity index (χ3v) is 7.68. The Hall–Kier alpha value is -5.45. The van der Waals surface area contributed by atoms with E-state index in [2.05, 4.69) is 0 Å². The third-order valence-electron chi connectivity index (χ3n) is 7.20.